The van der Waals surface area contributed by atoms with Gasteiger partial charge in [-0.25, -0.2) is 0 Å². The molecule has 2 amide bonds. The Morgan fingerprint density at radius 1 is 0.960 bits per heavy atom. The van der Waals surface area contributed by atoms with Crippen LogP contribution in [-0.4, -0.2) is 25.0 Å². The molecule has 0 radical (unpaired) electrons. The SMILES string of the molecule is CCC(=O)NCC(=O)N[C@@H](COCc1ccccc1)c1ccccc1. The van der Waals surface area contributed by atoms with Crippen molar-refractivity contribution in [3.8, 4) is 0 Å². The number of carbonyl (C=O) groups is 2. The first kappa shape index (κ1) is 18.7. The van der Waals surface area contributed by atoms with Crippen molar-refractivity contribution in [3.05, 3.63) is 71.8 Å². The van der Waals surface area contributed by atoms with Crippen LogP contribution in [0.2, 0.25) is 0 Å². The Balaban J connectivity index is 1.91. The van der Waals surface area contributed by atoms with E-state index >= 15 is 0 Å². The Labute approximate surface area is 148 Å². The molecule has 2 aromatic carbocycles. The van der Waals surface area contributed by atoms with Gasteiger partial charge in [0.25, 0.3) is 0 Å². The van der Waals surface area contributed by atoms with Crippen molar-refractivity contribution in [3.63, 3.8) is 0 Å². The minimum atomic E-state index is -0.268. The van der Waals surface area contributed by atoms with Gasteiger partial charge < -0.3 is 15.4 Å². The highest BCUT2D eigenvalue weighted by Crippen LogP contribution is 2.14. The summed E-state index contributed by atoms with van der Waals surface area (Å²) in [5.74, 6) is -0.384. The molecule has 132 valence electrons. The van der Waals surface area contributed by atoms with Crippen molar-refractivity contribution in [2.75, 3.05) is 13.2 Å². The first-order chi connectivity index (χ1) is 12.2. The molecule has 0 heterocycles. The maximum atomic E-state index is 12.1. The third-order valence-corrected chi connectivity index (χ3v) is 3.70. The Morgan fingerprint density at radius 3 is 2.24 bits per heavy atom. The molecule has 2 N–H and O–H groups in total. The highest BCUT2D eigenvalue weighted by atomic mass is 16.5. The van der Waals surface area contributed by atoms with E-state index in [4.69, 9.17) is 4.74 Å². The van der Waals surface area contributed by atoms with Crippen LogP contribution in [0.1, 0.15) is 30.5 Å². The summed E-state index contributed by atoms with van der Waals surface area (Å²) in [4.78, 5) is 23.4. The predicted molar refractivity (Wildman–Crippen MR) is 96.7 cm³/mol. The molecule has 5 heteroatoms. The Bertz CT molecular complexity index is 659. The molecule has 0 spiro atoms. The van der Waals surface area contributed by atoms with Crippen LogP contribution >= 0.6 is 0 Å². The second-order valence-electron chi connectivity index (χ2n) is 5.66. The van der Waals surface area contributed by atoms with Crippen molar-refractivity contribution >= 4 is 11.8 Å². The molecule has 0 saturated heterocycles. The van der Waals surface area contributed by atoms with Crippen LogP contribution in [0.25, 0.3) is 0 Å². The van der Waals surface area contributed by atoms with Crippen LogP contribution in [0.3, 0.4) is 0 Å². The summed E-state index contributed by atoms with van der Waals surface area (Å²) in [7, 11) is 0. The van der Waals surface area contributed by atoms with Gasteiger partial charge in [-0.1, -0.05) is 67.6 Å². The second-order valence-corrected chi connectivity index (χ2v) is 5.66. The molecule has 2 rings (SSSR count). The minimum Gasteiger partial charge on any atom is -0.374 e. The van der Waals surface area contributed by atoms with Gasteiger partial charge in [-0.15, -0.1) is 0 Å². The Morgan fingerprint density at radius 2 is 1.60 bits per heavy atom. The van der Waals surface area contributed by atoms with E-state index < -0.39 is 0 Å². The summed E-state index contributed by atoms with van der Waals surface area (Å²) >= 11 is 0. The molecule has 0 fully saturated rings. The lowest BCUT2D eigenvalue weighted by Crippen LogP contribution is -2.39. The highest BCUT2D eigenvalue weighted by Gasteiger charge is 2.15. The molecule has 1 atom stereocenters. The fourth-order valence-electron chi connectivity index (χ4n) is 2.32. The number of amides is 2. The zero-order valence-corrected chi connectivity index (χ0v) is 14.4. The van der Waals surface area contributed by atoms with Crippen molar-refractivity contribution in [1.29, 1.82) is 0 Å². The molecule has 5 nitrogen and oxygen atoms in total. The summed E-state index contributed by atoms with van der Waals surface area (Å²) < 4.78 is 5.78. The lowest BCUT2D eigenvalue weighted by atomic mass is 10.1. The van der Waals surface area contributed by atoms with Crippen LogP contribution in [-0.2, 0) is 20.9 Å². The number of rotatable bonds is 9. The number of benzene rings is 2. The summed E-state index contributed by atoms with van der Waals surface area (Å²) in [6.45, 7) is 2.55. The lowest BCUT2D eigenvalue weighted by molar-refractivity contribution is -0.126. The van der Waals surface area contributed by atoms with Gasteiger partial charge in [-0.2, -0.15) is 0 Å². The molecule has 0 aliphatic heterocycles. The van der Waals surface area contributed by atoms with E-state index in [2.05, 4.69) is 10.6 Å². The molecule has 0 unspecified atom stereocenters. The first-order valence-corrected chi connectivity index (χ1v) is 8.41. The van der Waals surface area contributed by atoms with E-state index in [1.165, 1.54) is 0 Å². The van der Waals surface area contributed by atoms with Crippen molar-refractivity contribution in [2.45, 2.75) is 26.0 Å². The molecule has 0 bridgehead atoms. The minimum absolute atomic E-state index is 0.0330. The van der Waals surface area contributed by atoms with E-state index in [9.17, 15) is 9.59 Å². The summed E-state index contributed by atoms with van der Waals surface area (Å²) in [6.07, 6.45) is 0.357. The van der Waals surface area contributed by atoms with E-state index in [1.807, 2.05) is 60.7 Å². The van der Waals surface area contributed by atoms with E-state index in [0.717, 1.165) is 11.1 Å². The monoisotopic (exact) mass is 340 g/mol. The molecule has 0 aliphatic rings. The maximum Gasteiger partial charge on any atom is 0.239 e. The summed E-state index contributed by atoms with van der Waals surface area (Å²) in [6, 6.07) is 19.3. The number of carbonyl (C=O) groups excluding carboxylic acids is 2. The molecule has 25 heavy (non-hydrogen) atoms. The quantitative estimate of drug-likeness (QED) is 0.737. The Kier molecular flexibility index (Phi) is 7.66. The van der Waals surface area contributed by atoms with Crippen molar-refractivity contribution < 1.29 is 14.3 Å². The highest BCUT2D eigenvalue weighted by molar-refractivity contribution is 5.84. The van der Waals surface area contributed by atoms with Gasteiger partial charge in [0.05, 0.1) is 25.8 Å². The molecule has 2 aromatic rings. The van der Waals surface area contributed by atoms with Crippen LogP contribution in [0.4, 0.5) is 0 Å². The summed E-state index contributed by atoms with van der Waals surface area (Å²) in [5.41, 5.74) is 2.04. The zero-order valence-electron chi connectivity index (χ0n) is 14.4. The number of nitrogens with one attached hydrogen (secondary N) is 2. The topological polar surface area (TPSA) is 67.4 Å². The molecule has 0 aromatic heterocycles. The smallest absolute Gasteiger partial charge is 0.239 e. The fourth-order valence-corrected chi connectivity index (χ4v) is 2.32. The largest absolute Gasteiger partial charge is 0.374 e. The molecular weight excluding hydrogens is 316 g/mol. The second kappa shape index (κ2) is 10.3. The fraction of sp³-hybridized carbons (Fsp3) is 0.300. The van der Waals surface area contributed by atoms with Crippen LogP contribution in [0.15, 0.2) is 60.7 Å². The maximum absolute atomic E-state index is 12.1. The van der Waals surface area contributed by atoms with E-state index in [1.54, 1.807) is 6.92 Å². The third kappa shape index (κ3) is 6.77. The van der Waals surface area contributed by atoms with Crippen LogP contribution < -0.4 is 10.6 Å². The van der Waals surface area contributed by atoms with Gasteiger partial charge in [0.2, 0.25) is 11.8 Å². The Hall–Kier alpha value is -2.66. The number of hydrogen-bond donors (Lipinski definition) is 2. The van der Waals surface area contributed by atoms with E-state index in [0.29, 0.717) is 19.6 Å². The van der Waals surface area contributed by atoms with Crippen molar-refractivity contribution in [2.24, 2.45) is 0 Å². The van der Waals surface area contributed by atoms with Crippen LogP contribution in [0, 0.1) is 0 Å². The van der Waals surface area contributed by atoms with Gasteiger partial charge >= 0.3 is 0 Å². The predicted octanol–water partition coefficient (Wildman–Crippen LogP) is 2.59. The summed E-state index contributed by atoms with van der Waals surface area (Å²) in [5, 5.41) is 5.50. The third-order valence-electron chi connectivity index (χ3n) is 3.70. The van der Waals surface area contributed by atoms with Crippen LogP contribution in [0.5, 0.6) is 0 Å². The van der Waals surface area contributed by atoms with Gasteiger partial charge in [-0.05, 0) is 11.1 Å². The van der Waals surface area contributed by atoms with E-state index in [-0.39, 0.29) is 24.4 Å². The number of ether oxygens (including phenoxy) is 1. The average molecular weight is 340 g/mol. The molecule has 0 saturated carbocycles. The first-order valence-electron chi connectivity index (χ1n) is 8.41. The average Bonchev–Trinajstić information content (AvgIpc) is 2.66. The van der Waals surface area contributed by atoms with Gasteiger partial charge in [0, 0.05) is 6.42 Å². The van der Waals surface area contributed by atoms with Gasteiger partial charge in [0.15, 0.2) is 0 Å². The van der Waals surface area contributed by atoms with Gasteiger partial charge in [-0.3, -0.25) is 9.59 Å². The molecular formula is C20H24N2O3. The normalized spacial score (nSPS) is 11.6. The van der Waals surface area contributed by atoms with Gasteiger partial charge in [0.1, 0.15) is 0 Å². The number of hydrogen-bond acceptors (Lipinski definition) is 3. The van der Waals surface area contributed by atoms with Crippen molar-refractivity contribution in [1.82, 2.24) is 10.6 Å². The standard InChI is InChI=1S/C20H24N2O3/c1-2-19(23)21-13-20(24)22-18(17-11-7-4-8-12-17)15-25-14-16-9-5-3-6-10-16/h3-12,18H,2,13-15H2,1H3,(H,21,23)(H,22,24)/t18-/m0/s1. The lowest BCUT2D eigenvalue weighted by Gasteiger charge is -2.19. The zero-order chi connectivity index (χ0) is 17.9. The molecule has 0 aliphatic carbocycles.